The highest BCUT2D eigenvalue weighted by Crippen LogP contribution is 2.32. The van der Waals surface area contributed by atoms with Crippen LogP contribution in [-0.4, -0.2) is 29.1 Å². The van der Waals surface area contributed by atoms with E-state index in [4.69, 9.17) is 4.98 Å². The normalized spacial score (nSPS) is 18.9. The molecule has 0 unspecified atom stereocenters. The van der Waals surface area contributed by atoms with E-state index in [1.807, 2.05) is 6.20 Å². The summed E-state index contributed by atoms with van der Waals surface area (Å²) < 4.78 is 0. The molecule has 0 aliphatic heterocycles. The van der Waals surface area contributed by atoms with Crippen LogP contribution in [0.25, 0.3) is 0 Å². The van der Waals surface area contributed by atoms with Crippen molar-refractivity contribution in [1.29, 1.82) is 0 Å². The van der Waals surface area contributed by atoms with E-state index in [2.05, 4.69) is 36.1 Å². The lowest BCUT2D eigenvalue weighted by Crippen LogP contribution is -2.25. The van der Waals surface area contributed by atoms with Gasteiger partial charge in [-0.05, 0) is 25.7 Å². The summed E-state index contributed by atoms with van der Waals surface area (Å²) in [5.41, 5.74) is 2.38. The van der Waals surface area contributed by atoms with E-state index in [0.717, 1.165) is 18.4 Å². The fraction of sp³-hybridized carbons (Fsp3) is 0.733. The van der Waals surface area contributed by atoms with Crippen molar-refractivity contribution < 1.29 is 0 Å². The largest absolute Gasteiger partial charge is 0.369 e. The lowest BCUT2D eigenvalue weighted by Gasteiger charge is -2.22. The summed E-state index contributed by atoms with van der Waals surface area (Å²) in [6.45, 7) is 5.18. The second-order valence-corrected chi connectivity index (χ2v) is 6.21. The molecule has 2 aliphatic rings. The summed E-state index contributed by atoms with van der Waals surface area (Å²) in [4.78, 5) is 11.7. The van der Waals surface area contributed by atoms with Crippen molar-refractivity contribution in [2.75, 3.05) is 11.9 Å². The zero-order valence-electron chi connectivity index (χ0n) is 12.2. The third-order valence-corrected chi connectivity index (χ3v) is 3.99. The zero-order valence-corrected chi connectivity index (χ0v) is 12.2. The molecule has 1 heterocycles. The van der Waals surface area contributed by atoms with Gasteiger partial charge in [0.15, 0.2) is 0 Å². The van der Waals surface area contributed by atoms with E-state index in [-0.39, 0.29) is 0 Å². The second-order valence-electron chi connectivity index (χ2n) is 6.21. The first-order valence-electron chi connectivity index (χ1n) is 7.47. The van der Waals surface area contributed by atoms with Crippen LogP contribution < -0.4 is 10.2 Å². The van der Waals surface area contributed by atoms with Crippen LogP contribution in [0.5, 0.6) is 0 Å². The van der Waals surface area contributed by atoms with Gasteiger partial charge in [-0.3, -0.25) is 0 Å². The molecule has 1 N–H and O–H groups in total. The number of rotatable bonds is 6. The number of hydrogen-bond acceptors (Lipinski definition) is 4. The molecule has 0 amide bonds. The first-order valence-corrected chi connectivity index (χ1v) is 7.47. The Bertz CT molecular complexity index is 449. The maximum absolute atomic E-state index is 4.79. The predicted molar refractivity (Wildman–Crippen MR) is 77.4 cm³/mol. The Morgan fingerprint density at radius 3 is 2.63 bits per heavy atom. The van der Waals surface area contributed by atoms with Crippen molar-refractivity contribution >= 4 is 5.69 Å². The summed E-state index contributed by atoms with van der Waals surface area (Å²) in [5.74, 6) is 1.35. The van der Waals surface area contributed by atoms with Crippen molar-refractivity contribution in [3.8, 4) is 0 Å². The van der Waals surface area contributed by atoms with E-state index in [1.165, 1.54) is 37.1 Å². The van der Waals surface area contributed by atoms with Crippen LogP contribution in [0.1, 0.15) is 57.0 Å². The zero-order chi connectivity index (χ0) is 13.4. The van der Waals surface area contributed by atoms with Crippen LogP contribution in [-0.2, 0) is 6.54 Å². The molecule has 19 heavy (non-hydrogen) atoms. The summed E-state index contributed by atoms with van der Waals surface area (Å²) in [7, 11) is 2.17. The van der Waals surface area contributed by atoms with E-state index >= 15 is 0 Å². The molecule has 0 aromatic carbocycles. The highest BCUT2D eigenvalue weighted by atomic mass is 15.2. The maximum Gasteiger partial charge on any atom is 0.131 e. The average Bonchev–Trinajstić information content (AvgIpc) is 3.28. The summed E-state index contributed by atoms with van der Waals surface area (Å²) >= 11 is 0. The number of nitrogens with zero attached hydrogens (tertiary/aromatic N) is 3. The van der Waals surface area contributed by atoms with Crippen LogP contribution in [0, 0.1) is 0 Å². The SMILES string of the molecule is CC(C)c1ncc(N(C)C2CC2)c(CNC2CC2)n1. The van der Waals surface area contributed by atoms with Crippen LogP contribution in [0.3, 0.4) is 0 Å². The standard InChI is InChI=1S/C15H24N4/c1-10(2)15-17-9-14(19(3)12-6-7-12)13(18-15)8-16-11-4-5-11/h9-12,16H,4-8H2,1-3H3. The van der Waals surface area contributed by atoms with Crippen LogP contribution in [0.2, 0.25) is 0 Å². The van der Waals surface area contributed by atoms with Crippen LogP contribution in [0.15, 0.2) is 6.20 Å². The molecule has 4 nitrogen and oxygen atoms in total. The van der Waals surface area contributed by atoms with Gasteiger partial charge in [-0.1, -0.05) is 13.8 Å². The topological polar surface area (TPSA) is 41.1 Å². The third-order valence-electron chi connectivity index (χ3n) is 3.99. The molecule has 0 saturated heterocycles. The Kier molecular flexibility index (Phi) is 3.44. The monoisotopic (exact) mass is 260 g/mol. The highest BCUT2D eigenvalue weighted by Gasteiger charge is 2.29. The molecule has 3 rings (SSSR count). The molecule has 4 heteroatoms. The lowest BCUT2D eigenvalue weighted by molar-refractivity contribution is 0.656. The van der Waals surface area contributed by atoms with Crippen molar-refractivity contribution in [2.45, 2.75) is 64.1 Å². The van der Waals surface area contributed by atoms with Gasteiger partial charge in [0.05, 0.1) is 17.6 Å². The number of nitrogens with one attached hydrogen (secondary N) is 1. The maximum atomic E-state index is 4.79. The van der Waals surface area contributed by atoms with E-state index in [9.17, 15) is 0 Å². The third kappa shape index (κ3) is 3.06. The highest BCUT2D eigenvalue weighted by molar-refractivity contribution is 5.50. The summed E-state index contributed by atoms with van der Waals surface area (Å²) in [5, 5.41) is 3.58. The van der Waals surface area contributed by atoms with Crippen LogP contribution in [0.4, 0.5) is 5.69 Å². The van der Waals surface area contributed by atoms with Gasteiger partial charge in [0.1, 0.15) is 5.82 Å². The molecule has 1 aromatic heterocycles. The average molecular weight is 260 g/mol. The first kappa shape index (κ1) is 12.9. The van der Waals surface area contributed by atoms with Crippen molar-refractivity contribution in [1.82, 2.24) is 15.3 Å². The Morgan fingerprint density at radius 2 is 2.05 bits per heavy atom. The van der Waals surface area contributed by atoms with Crippen molar-refractivity contribution in [3.05, 3.63) is 17.7 Å². The predicted octanol–water partition coefficient (Wildman–Crippen LogP) is 2.45. The van der Waals surface area contributed by atoms with Gasteiger partial charge >= 0.3 is 0 Å². The second kappa shape index (κ2) is 5.08. The van der Waals surface area contributed by atoms with E-state index in [1.54, 1.807) is 0 Å². The molecule has 0 radical (unpaired) electrons. The Hall–Kier alpha value is -1.16. The van der Waals surface area contributed by atoms with Gasteiger partial charge in [-0.25, -0.2) is 9.97 Å². The van der Waals surface area contributed by atoms with Crippen molar-refractivity contribution in [3.63, 3.8) is 0 Å². The minimum Gasteiger partial charge on any atom is -0.369 e. The smallest absolute Gasteiger partial charge is 0.131 e. The minimum atomic E-state index is 0.389. The summed E-state index contributed by atoms with van der Waals surface area (Å²) in [6, 6.07) is 1.42. The summed E-state index contributed by atoms with van der Waals surface area (Å²) in [6.07, 6.45) is 7.26. The first-order chi connectivity index (χ1) is 9.15. The van der Waals surface area contributed by atoms with E-state index in [0.29, 0.717) is 12.0 Å². The molecule has 2 saturated carbocycles. The molecular formula is C15H24N4. The van der Waals surface area contributed by atoms with Gasteiger partial charge in [0.25, 0.3) is 0 Å². The van der Waals surface area contributed by atoms with Gasteiger partial charge in [-0.15, -0.1) is 0 Å². The van der Waals surface area contributed by atoms with Crippen LogP contribution >= 0.6 is 0 Å². The molecular weight excluding hydrogens is 236 g/mol. The molecule has 0 bridgehead atoms. The molecule has 2 fully saturated rings. The number of anilines is 1. The van der Waals surface area contributed by atoms with E-state index < -0.39 is 0 Å². The molecule has 104 valence electrons. The molecule has 2 aliphatic carbocycles. The molecule has 0 atom stereocenters. The van der Waals surface area contributed by atoms with Gasteiger partial charge < -0.3 is 10.2 Å². The Labute approximate surface area is 115 Å². The lowest BCUT2D eigenvalue weighted by atomic mass is 10.2. The fourth-order valence-corrected chi connectivity index (χ4v) is 2.32. The number of hydrogen-bond donors (Lipinski definition) is 1. The van der Waals surface area contributed by atoms with Crippen molar-refractivity contribution in [2.24, 2.45) is 0 Å². The Balaban J connectivity index is 1.82. The fourth-order valence-electron chi connectivity index (χ4n) is 2.32. The quantitative estimate of drug-likeness (QED) is 0.853. The minimum absolute atomic E-state index is 0.389. The van der Waals surface area contributed by atoms with Gasteiger partial charge in [0, 0.05) is 31.6 Å². The van der Waals surface area contributed by atoms with Gasteiger partial charge in [-0.2, -0.15) is 0 Å². The Morgan fingerprint density at radius 1 is 1.32 bits per heavy atom. The molecule has 0 spiro atoms. The number of aromatic nitrogens is 2. The van der Waals surface area contributed by atoms with Gasteiger partial charge in [0.2, 0.25) is 0 Å². The molecule has 1 aromatic rings.